The number of hydrogen-bond donors (Lipinski definition) is 1. The lowest BCUT2D eigenvalue weighted by atomic mass is 10.4. The van der Waals surface area contributed by atoms with E-state index in [4.69, 9.17) is 5.11 Å². The van der Waals surface area contributed by atoms with Crippen molar-refractivity contribution in [3.63, 3.8) is 0 Å². The first-order chi connectivity index (χ1) is 6.40. The maximum atomic E-state index is 11.8. The summed E-state index contributed by atoms with van der Waals surface area (Å²) in [6.45, 7) is -0.425. The Morgan fingerprint density at radius 1 is 1.57 bits per heavy atom. The highest BCUT2D eigenvalue weighted by Gasteiger charge is 2.27. The van der Waals surface area contributed by atoms with E-state index in [9.17, 15) is 18.0 Å². The molecule has 0 unspecified atom stereocenters. The summed E-state index contributed by atoms with van der Waals surface area (Å²) in [5.41, 5.74) is -0.241. The molecule has 0 saturated carbocycles. The van der Waals surface area contributed by atoms with E-state index in [1.165, 1.54) is 0 Å². The van der Waals surface area contributed by atoms with E-state index in [-0.39, 0.29) is 5.69 Å². The topological polar surface area (TPSA) is 55.1 Å². The highest BCUT2D eigenvalue weighted by atomic mass is 19.4. The van der Waals surface area contributed by atoms with Gasteiger partial charge >= 0.3 is 12.1 Å². The molecule has 1 aromatic heterocycles. The number of alkyl halides is 3. The Bertz CT molecular complexity index is 332. The molecule has 0 fully saturated rings. The number of halogens is 3. The minimum absolute atomic E-state index is 0.241. The third-order valence-corrected chi connectivity index (χ3v) is 1.57. The number of hydrogen-bond acceptors (Lipinski definition) is 2. The molecule has 14 heavy (non-hydrogen) atoms. The van der Waals surface area contributed by atoms with Gasteiger partial charge in [-0.3, -0.25) is 0 Å². The number of carbonyl (C=O) groups is 1. The Kier molecular flexibility index (Phi) is 2.78. The van der Waals surface area contributed by atoms with E-state index in [0.29, 0.717) is 0 Å². The fourth-order valence-electron chi connectivity index (χ4n) is 0.924. The first kappa shape index (κ1) is 10.6. The van der Waals surface area contributed by atoms with Gasteiger partial charge in [-0.1, -0.05) is 0 Å². The molecule has 0 aliphatic rings. The summed E-state index contributed by atoms with van der Waals surface area (Å²) in [5, 5.41) is 8.54. The standard InChI is InChI=1S/C7H7F3N2O2/c8-7(9,10)1-2-12-4-11-3-5(12)6(13)14/h3-4H,1-2H2,(H,13,14). The van der Waals surface area contributed by atoms with Gasteiger partial charge in [0.15, 0.2) is 0 Å². The molecule has 1 N–H and O–H groups in total. The van der Waals surface area contributed by atoms with Crippen LogP contribution in [0.2, 0.25) is 0 Å². The van der Waals surface area contributed by atoms with Gasteiger partial charge in [-0.05, 0) is 0 Å². The first-order valence-corrected chi connectivity index (χ1v) is 3.70. The molecule has 0 radical (unpaired) electrons. The Balaban J connectivity index is 2.68. The molecular formula is C7H7F3N2O2. The van der Waals surface area contributed by atoms with Crippen molar-refractivity contribution in [3.05, 3.63) is 18.2 Å². The molecule has 1 aromatic rings. The van der Waals surface area contributed by atoms with Gasteiger partial charge in [0.05, 0.1) is 18.9 Å². The van der Waals surface area contributed by atoms with Crippen molar-refractivity contribution in [3.8, 4) is 0 Å². The minimum atomic E-state index is -4.29. The van der Waals surface area contributed by atoms with Crippen LogP contribution in [0.1, 0.15) is 16.9 Å². The molecule has 78 valence electrons. The zero-order valence-electron chi connectivity index (χ0n) is 6.95. The first-order valence-electron chi connectivity index (χ1n) is 3.70. The van der Waals surface area contributed by atoms with E-state index in [2.05, 4.69) is 4.98 Å². The fraction of sp³-hybridized carbons (Fsp3) is 0.429. The maximum Gasteiger partial charge on any atom is 0.390 e. The molecule has 4 nitrogen and oxygen atoms in total. The third kappa shape index (κ3) is 2.75. The molecule has 0 aromatic carbocycles. The van der Waals surface area contributed by atoms with Gasteiger partial charge in [0.25, 0.3) is 0 Å². The lowest BCUT2D eigenvalue weighted by Gasteiger charge is -2.07. The van der Waals surface area contributed by atoms with Gasteiger partial charge in [-0.25, -0.2) is 9.78 Å². The van der Waals surface area contributed by atoms with Gasteiger partial charge in [0.2, 0.25) is 0 Å². The summed E-state index contributed by atoms with van der Waals surface area (Å²) < 4.78 is 36.4. The van der Waals surface area contributed by atoms with Crippen LogP contribution in [0.15, 0.2) is 12.5 Å². The molecule has 0 saturated heterocycles. The minimum Gasteiger partial charge on any atom is -0.477 e. The molecule has 0 atom stereocenters. The molecule has 0 spiro atoms. The number of carboxylic acids is 1. The van der Waals surface area contributed by atoms with Crippen LogP contribution in [-0.2, 0) is 6.54 Å². The van der Waals surface area contributed by atoms with Crippen LogP contribution in [-0.4, -0.2) is 26.8 Å². The van der Waals surface area contributed by atoms with Crippen LogP contribution in [0.3, 0.4) is 0 Å². The normalized spacial score (nSPS) is 11.6. The average molecular weight is 208 g/mol. The van der Waals surface area contributed by atoms with Crippen molar-refractivity contribution in [1.29, 1.82) is 0 Å². The molecule has 1 heterocycles. The second-order valence-electron chi connectivity index (χ2n) is 2.64. The molecule has 0 aliphatic heterocycles. The van der Waals surface area contributed by atoms with Crippen LogP contribution in [0.4, 0.5) is 13.2 Å². The Labute approximate surface area is 77.0 Å². The lowest BCUT2D eigenvalue weighted by molar-refractivity contribution is -0.136. The highest BCUT2D eigenvalue weighted by molar-refractivity contribution is 5.85. The summed E-state index contributed by atoms with van der Waals surface area (Å²) in [5.74, 6) is -1.29. The quantitative estimate of drug-likeness (QED) is 0.819. The monoisotopic (exact) mass is 208 g/mol. The number of aryl methyl sites for hydroxylation is 1. The summed E-state index contributed by atoms with van der Waals surface area (Å²) in [7, 11) is 0. The van der Waals surface area contributed by atoms with Gasteiger partial charge in [0, 0.05) is 6.54 Å². The molecule has 0 amide bonds. The second kappa shape index (κ2) is 3.69. The van der Waals surface area contributed by atoms with Crippen molar-refractivity contribution in [2.45, 2.75) is 19.1 Å². The molecular weight excluding hydrogens is 201 g/mol. The predicted octanol–water partition coefficient (Wildman–Crippen LogP) is 1.53. The summed E-state index contributed by atoms with van der Waals surface area (Å²) >= 11 is 0. The SMILES string of the molecule is O=C(O)c1cncn1CCC(F)(F)F. The number of nitrogens with zero attached hydrogens (tertiary/aromatic N) is 2. The third-order valence-electron chi connectivity index (χ3n) is 1.57. The Hall–Kier alpha value is -1.53. The zero-order chi connectivity index (χ0) is 10.8. The van der Waals surface area contributed by atoms with Gasteiger partial charge in [-0.2, -0.15) is 13.2 Å². The maximum absolute atomic E-state index is 11.8. The van der Waals surface area contributed by atoms with Crippen molar-refractivity contribution in [2.24, 2.45) is 0 Å². The summed E-state index contributed by atoms with van der Waals surface area (Å²) in [4.78, 5) is 13.9. The van der Waals surface area contributed by atoms with Crippen LogP contribution < -0.4 is 0 Å². The Morgan fingerprint density at radius 2 is 2.21 bits per heavy atom. The van der Waals surface area contributed by atoms with Crippen LogP contribution in [0, 0.1) is 0 Å². The molecule has 1 rings (SSSR count). The fourth-order valence-corrected chi connectivity index (χ4v) is 0.924. The summed E-state index contributed by atoms with van der Waals surface area (Å²) in [6.07, 6.45) is -3.28. The van der Waals surface area contributed by atoms with Crippen LogP contribution >= 0.6 is 0 Å². The van der Waals surface area contributed by atoms with Crippen molar-refractivity contribution < 1.29 is 23.1 Å². The number of carboxylic acid groups (broad SMARTS) is 1. The zero-order valence-corrected chi connectivity index (χ0v) is 6.95. The largest absolute Gasteiger partial charge is 0.477 e. The molecule has 7 heteroatoms. The van der Waals surface area contributed by atoms with Crippen LogP contribution in [0.25, 0.3) is 0 Å². The van der Waals surface area contributed by atoms with Crippen molar-refractivity contribution in [2.75, 3.05) is 0 Å². The average Bonchev–Trinajstić information content (AvgIpc) is 2.46. The summed E-state index contributed by atoms with van der Waals surface area (Å²) in [6, 6.07) is 0. The van der Waals surface area contributed by atoms with Crippen molar-refractivity contribution in [1.82, 2.24) is 9.55 Å². The second-order valence-corrected chi connectivity index (χ2v) is 2.64. The van der Waals surface area contributed by atoms with E-state index >= 15 is 0 Å². The highest BCUT2D eigenvalue weighted by Crippen LogP contribution is 2.20. The number of rotatable bonds is 3. The Morgan fingerprint density at radius 3 is 2.71 bits per heavy atom. The lowest BCUT2D eigenvalue weighted by Crippen LogP contribution is -2.15. The van der Waals surface area contributed by atoms with E-state index in [0.717, 1.165) is 17.1 Å². The van der Waals surface area contributed by atoms with Gasteiger partial charge < -0.3 is 9.67 Å². The number of imidazole rings is 1. The van der Waals surface area contributed by atoms with Crippen LogP contribution in [0.5, 0.6) is 0 Å². The van der Waals surface area contributed by atoms with Gasteiger partial charge in [0.1, 0.15) is 5.69 Å². The molecule has 0 bridgehead atoms. The van der Waals surface area contributed by atoms with E-state index < -0.39 is 25.1 Å². The smallest absolute Gasteiger partial charge is 0.390 e. The van der Waals surface area contributed by atoms with Crippen molar-refractivity contribution >= 4 is 5.97 Å². The number of aromatic nitrogens is 2. The predicted molar refractivity (Wildman–Crippen MR) is 39.9 cm³/mol. The molecule has 0 aliphatic carbocycles. The van der Waals surface area contributed by atoms with E-state index in [1.54, 1.807) is 0 Å². The van der Waals surface area contributed by atoms with E-state index in [1.807, 2.05) is 0 Å². The van der Waals surface area contributed by atoms with Gasteiger partial charge in [-0.15, -0.1) is 0 Å². The number of aromatic carboxylic acids is 1.